The van der Waals surface area contributed by atoms with Gasteiger partial charge in [-0.05, 0) is 49.2 Å². The summed E-state index contributed by atoms with van der Waals surface area (Å²) in [6.07, 6.45) is 0.852. The minimum absolute atomic E-state index is 0.0615. The standard InChI is InChI=1S/C17H19ClFNO/c1-12(14-7-8-15(18)16(19)11-14)20-10-9-13-5-3-4-6-17(13)21-2/h3-8,11-12,20H,9-10H2,1-2H3. The Morgan fingerprint density at radius 3 is 2.71 bits per heavy atom. The van der Waals surface area contributed by atoms with Gasteiger partial charge in [0.2, 0.25) is 0 Å². The highest BCUT2D eigenvalue weighted by Crippen LogP contribution is 2.21. The van der Waals surface area contributed by atoms with Crippen LogP contribution in [0.5, 0.6) is 5.75 Å². The van der Waals surface area contributed by atoms with Crippen molar-refractivity contribution in [2.45, 2.75) is 19.4 Å². The van der Waals surface area contributed by atoms with Crippen molar-refractivity contribution >= 4 is 11.6 Å². The third-order valence-electron chi connectivity index (χ3n) is 3.48. The van der Waals surface area contributed by atoms with Crippen molar-refractivity contribution in [2.24, 2.45) is 0 Å². The van der Waals surface area contributed by atoms with Crippen LogP contribution in [0.1, 0.15) is 24.1 Å². The number of hydrogen-bond acceptors (Lipinski definition) is 2. The highest BCUT2D eigenvalue weighted by molar-refractivity contribution is 6.30. The predicted molar refractivity (Wildman–Crippen MR) is 84.5 cm³/mol. The van der Waals surface area contributed by atoms with E-state index < -0.39 is 0 Å². The van der Waals surface area contributed by atoms with E-state index in [0.717, 1.165) is 29.8 Å². The molecule has 0 fully saturated rings. The minimum Gasteiger partial charge on any atom is -0.496 e. The second-order valence-electron chi connectivity index (χ2n) is 4.91. The van der Waals surface area contributed by atoms with Crippen LogP contribution in [0.3, 0.4) is 0 Å². The van der Waals surface area contributed by atoms with Gasteiger partial charge in [0.25, 0.3) is 0 Å². The second-order valence-corrected chi connectivity index (χ2v) is 5.32. The first-order valence-corrected chi connectivity index (χ1v) is 7.30. The molecule has 0 heterocycles. The molecule has 21 heavy (non-hydrogen) atoms. The van der Waals surface area contributed by atoms with Gasteiger partial charge in [-0.25, -0.2) is 4.39 Å². The van der Waals surface area contributed by atoms with E-state index in [0.29, 0.717) is 0 Å². The Hall–Kier alpha value is -1.58. The van der Waals surface area contributed by atoms with E-state index in [1.54, 1.807) is 13.2 Å². The topological polar surface area (TPSA) is 21.3 Å². The number of halogens is 2. The molecule has 0 aliphatic heterocycles. The van der Waals surface area contributed by atoms with Crippen LogP contribution < -0.4 is 10.1 Å². The van der Waals surface area contributed by atoms with Crippen LogP contribution in [0, 0.1) is 5.82 Å². The van der Waals surface area contributed by atoms with Crippen LogP contribution >= 0.6 is 11.6 Å². The zero-order valence-corrected chi connectivity index (χ0v) is 13.0. The van der Waals surface area contributed by atoms with Crippen LogP contribution in [0.2, 0.25) is 5.02 Å². The fourth-order valence-corrected chi connectivity index (χ4v) is 2.35. The number of para-hydroxylation sites is 1. The fraction of sp³-hybridized carbons (Fsp3) is 0.294. The molecule has 1 N–H and O–H groups in total. The lowest BCUT2D eigenvalue weighted by Gasteiger charge is -2.15. The first kappa shape index (κ1) is 15.8. The largest absolute Gasteiger partial charge is 0.496 e. The number of methoxy groups -OCH3 is 1. The van der Waals surface area contributed by atoms with Crippen molar-refractivity contribution in [2.75, 3.05) is 13.7 Å². The number of nitrogens with one attached hydrogen (secondary N) is 1. The molecule has 2 aromatic rings. The molecule has 1 unspecified atom stereocenters. The summed E-state index contributed by atoms with van der Waals surface area (Å²) < 4.78 is 18.8. The molecular weight excluding hydrogens is 289 g/mol. The van der Waals surface area contributed by atoms with Gasteiger partial charge >= 0.3 is 0 Å². The number of rotatable bonds is 6. The van der Waals surface area contributed by atoms with Crippen LogP contribution in [0.4, 0.5) is 4.39 Å². The summed E-state index contributed by atoms with van der Waals surface area (Å²) in [6.45, 7) is 2.79. The Bertz CT molecular complexity index is 603. The first-order chi connectivity index (χ1) is 10.1. The zero-order chi connectivity index (χ0) is 15.2. The molecule has 2 aromatic carbocycles. The molecule has 2 rings (SSSR count). The molecule has 0 aliphatic rings. The van der Waals surface area contributed by atoms with Crippen molar-refractivity contribution in [3.63, 3.8) is 0 Å². The Morgan fingerprint density at radius 2 is 2.00 bits per heavy atom. The summed E-state index contributed by atoms with van der Waals surface area (Å²) in [7, 11) is 1.67. The lowest BCUT2D eigenvalue weighted by atomic mass is 10.1. The summed E-state index contributed by atoms with van der Waals surface area (Å²) in [5, 5.41) is 3.53. The van der Waals surface area contributed by atoms with Gasteiger partial charge in [0.15, 0.2) is 0 Å². The van der Waals surface area contributed by atoms with Gasteiger partial charge in [-0.2, -0.15) is 0 Å². The van der Waals surface area contributed by atoms with Crippen molar-refractivity contribution in [3.05, 3.63) is 64.4 Å². The van der Waals surface area contributed by atoms with Gasteiger partial charge in [0, 0.05) is 6.04 Å². The van der Waals surface area contributed by atoms with E-state index in [-0.39, 0.29) is 16.9 Å². The SMILES string of the molecule is COc1ccccc1CCNC(C)c1ccc(Cl)c(F)c1. The van der Waals surface area contributed by atoms with Gasteiger partial charge in [-0.15, -0.1) is 0 Å². The number of hydrogen-bond donors (Lipinski definition) is 1. The van der Waals surface area contributed by atoms with Crippen molar-refractivity contribution in [1.29, 1.82) is 0 Å². The first-order valence-electron chi connectivity index (χ1n) is 6.92. The maximum atomic E-state index is 13.4. The Balaban J connectivity index is 1.92. The normalized spacial score (nSPS) is 12.2. The monoisotopic (exact) mass is 307 g/mol. The highest BCUT2D eigenvalue weighted by atomic mass is 35.5. The fourth-order valence-electron chi connectivity index (χ4n) is 2.23. The van der Waals surface area contributed by atoms with Gasteiger partial charge < -0.3 is 10.1 Å². The lowest BCUT2D eigenvalue weighted by molar-refractivity contribution is 0.408. The minimum atomic E-state index is -0.382. The third kappa shape index (κ3) is 4.19. The molecular formula is C17H19ClFNO. The molecule has 0 saturated carbocycles. The van der Waals surface area contributed by atoms with E-state index in [1.807, 2.05) is 37.3 Å². The van der Waals surface area contributed by atoms with E-state index in [4.69, 9.17) is 16.3 Å². The molecule has 2 nitrogen and oxygen atoms in total. The van der Waals surface area contributed by atoms with Crippen LogP contribution in [0.25, 0.3) is 0 Å². The lowest BCUT2D eigenvalue weighted by Crippen LogP contribution is -2.21. The molecule has 0 aliphatic carbocycles. The van der Waals surface area contributed by atoms with Crippen molar-refractivity contribution < 1.29 is 9.13 Å². The summed E-state index contributed by atoms with van der Waals surface area (Å²) >= 11 is 5.69. The van der Waals surface area contributed by atoms with Crippen molar-refractivity contribution in [1.82, 2.24) is 5.32 Å². The average Bonchev–Trinajstić information content (AvgIpc) is 2.50. The quantitative estimate of drug-likeness (QED) is 0.855. The van der Waals surface area contributed by atoms with Gasteiger partial charge in [-0.3, -0.25) is 0 Å². The summed E-state index contributed by atoms with van der Waals surface area (Å²) in [5.74, 6) is 0.511. The summed E-state index contributed by atoms with van der Waals surface area (Å²) in [5.41, 5.74) is 2.04. The van der Waals surface area contributed by atoms with Crippen LogP contribution in [-0.2, 0) is 6.42 Å². The molecule has 1 atom stereocenters. The third-order valence-corrected chi connectivity index (χ3v) is 3.79. The van der Waals surface area contributed by atoms with Gasteiger partial charge in [0.1, 0.15) is 11.6 Å². The van der Waals surface area contributed by atoms with Gasteiger partial charge in [-0.1, -0.05) is 35.9 Å². The molecule has 0 saturated heterocycles. The van der Waals surface area contributed by atoms with E-state index in [1.165, 1.54) is 6.07 Å². The maximum Gasteiger partial charge on any atom is 0.142 e. The van der Waals surface area contributed by atoms with Crippen molar-refractivity contribution in [3.8, 4) is 5.75 Å². The average molecular weight is 308 g/mol. The number of ether oxygens (including phenoxy) is 1. The summed E-state index contributed by atoms with van der Waals surface area (Å²) in [6, 6.07) is 12.9. The predicted octanol–water partition coefficient (Wildman–Crippen LogP) is 4.38. The van der Waals surface area contributed by atoms with E-state index in [2.05, 4.69) is 5.32 Å². The number of benzene rings is 2. The molecule has 0 spiro atoms. The molecule has 4 heteroatoms. The summed E-state index contributed by atoms with van der Waals surface area (Å²) in [4.78, 5) is 0. The van der Waals surface area contributed by atoms with E-state index >= 15 is 0 Å². The molecule has 0 bridgehead atoms. The highest BCUT2D eigenvalue weighted by Gasteiger charge is 2.08. The molecule has 112 valence electrons. The van der Waals surface area contributed by atoms with Gasteiger partial charge in [0.05, 0.1) is 12.1 Å². The second kappa shape index (κ2) is 7.43. The van der Waals surface area contributed by atoms with Crippen LogP contribution in [-0.4, -0.2) is 13.7 Å². The Labute approximate surface area is 129 Å². The van der Waals surface area contributed by atoms with Crippen LogP contribution in [0.15, 0.2) is 42.5 Å². The smallest absolute Gasteiger partial charge is 0.142 e. The maximum absolute atomic E-state index is 13.4. The van der Waals surface area contributed by atoms with E-state index in [9.17, 15) is 4.39 Å². The Kier molecular flexibility index (Phi) is 5.59. The zero-order valence-electron chi connectivity index (χ0n) is 12.2. The Morgan fingerprint density at radius 1 is 1.24 bits per heavy atom. The molecule has 0 aromatic heterocycles. The molecule has 0 amide bonds. The molecule has 0 radical (unpaired) electrons.